The summed E-state index contributed by atoms with van der Waals surface area (Å²) in [7, 11) is 0. The van der Waals surface area contributed by atoms with Crippen molar-refractivity contribution >= 4 is 22.5 Å². The van der Waals surface area contributed by atoms with Gasteiger partial charge < -0.3 is 20.3 Å². The van der Waals surface area contributed by atoms with Crippen LogP contribution in [-0.2, 0) is 0 Å². The van der Waals surface area contributed by atoms with Crippen LogP contribution < -0.4 is 10.2 Å². The molecule has 3 aromatic heterocycles. The van der Waals surface area contributed by atoms with Gasteiger partial charge in [0.25, 0.3) is 5.91 Å². The maximum Gasteiger partial charge on any atom is 0.252 e. The van der Waals surface area contributed by atoms with Crippen LogP contribution in [-0.4, -0.2) is 53.8 Å². The average molecular weight is 603 g/mol. The van der Waals surface area contributed by atoms with Gasteiger partial charge in [-0.2, -0.15) is 5.10 Å². The van der Waals surface area contributed by atoms with Gasteiger partial charge in [-0.25, -0.2) is 24.0 Å². The standard InChI is InChI=1S/C34H31FN8O2/c1-21-12-23(33-37-17-27(18-38-33)42-10-8-26(9-11-42)43-20-36-19-39-43)14-24(13-21)34(45)41-32(28-16-25(35)6-7-31(28)44)30-15-22-4-2-3-5-29(22)40-30/h2-7,12-20,26,32,40,44H,8-11H2,1H3,(H,41,45)/t32-/m1/s1. The predicted octanol–water partition coefficient (Wildman–Crippen LogP) is 5.73. The average Bonchev–Trinajstić information content (AvgIpc) is 3.76. The molecule has 10 nitrogen and oxygen atoms in total. The van der Waals surface area contributed by atoms with Gasteiger partial charge in [0.15, 0.2) is 5.82 Å². The number of piperidine rings is 1. The summed E-state index contributed by atoms with van der Waals surface area (Å²) < 4.78 is 16.3. The van der Waals surface area contributed by atoms with E-state index in [0.29, 0.717) is 28.7 Å². The fraction of sp³-hybridized carbons (Fsp3) is 0.206. The number of fused-ring (bicyclic) bond motifs is 1. The van der Waals surface area contributed by atoms with Crippen molar-refractivity contribution in [3.63, 3.8) is 0 Å². The highest BCUT2D eigenvalue weighted by Crippen LogP contribution is 2.32. The molecule has 0 bridgehead atoms. The Morgan fingerprint density at radius 3 is 2.60 bits per heavy atom. The molecule has 1 saturated heterocycles. The maximum atomic E-state index is 14.3. The summed E-state index contributed by atoms with van der Waals surface area (Å²) in [5.41, 5.74) is 4.61. The second-order valence-electron chi connectivity index (χ2n) is 11.4. The Morgan fingerprint density at radius 1 is 1.04 bits per heavy atom. The molecule has 1 aliphatic rings. The zero-order chi connectivity index (χ0) is 30.9. The van der Waals surface area contributed by atoms with E-state index in [-0.39, 0.29) is 17.2 Å². The lowest BCUT2D eigenvalue weighted by Gasteiger charge is -2.33. The first kappa shape index (κ1) is 28.2. The van der Waals surface area contributed by atoms with Crippen LogP contribution in [0.2, 0.25) is 0 Å². The van der Waals surface area contributed by atoms with Crippen molar-refractivity contribution < 1.29 is 14.3 Å². The summed E-state index contributed by atoms with van der Waals surface area (Å²) in [4.78, 5) is 32.7. The minimum Gasteiger partial charge on any atom is -0.508 e. The number of nitrogens with zero attached hydrogens (tertiary/aromatic N) is 6. The molecule has 45 heavy (non-hydrogen) atoms. The smallest absolute Gasteiger partial charge is 0.252 e. The Labute approximate surface area is 258 Å². The number of aromatic nitrogens is 6. The number of carbonyl (C=O) groups is 1. The molecule has 0 aliphatic carbocycles. The van der Waals surface area contributed by atoms with Crippen molar-refractivity contribution in [1.82, 2.24) is 35.0 Å². The van der Waals surface area contributed by atoms with Gasteiger partial charge in [0.1, 0.15) is 24.2 Å². The first-order valence-corrected chi connectivity index (χ1v) is 14.8. The Hall–Kier alpha value is -5.58. The number of aromatic amines is 1. The molecule has 226 valence electrons. The first-order chi connectivity index (χ1) is 21.9. The molecule has 0 unspecified atom stereocenters. The lowest BCUT2D eigenvalue weighted by Crippen LogP contribution is -2.34. The third-order valence-corrected chi connectivity index (χ3v) is 8.31. The van der Waals surface area contributed by atoms with E-state index in [1.807, 2.05) is 60.4 Å². The number of carbonyl (C=O) groups excluding carboxylic acids is 1. The second-order valence-corrected chi connectivity index (χ2v) is 11.4. The molecule has 1 fully saturated rings. The van der Waals surface area contributed by atoms with Crippen LogP contribution in [0.3, 0.4) is 0 Å². The second kappa shape index (κ2) is 11.8. The summed E-state index contributed by atoms with van der Waals surface area (Å²) in [5.74, 6) is -0.527. The predicted molar refractivity (Wildman–Crippen MR) is 168 cm³/mol. The van der Waals surface area contributed by atoms with Crippen molar-refractivity contribution in [3.8, 4) is 17.1 Å². The molecule has 3 N–H and O–H groups in total. The van der Waals surface area contributed by atoms with E-state index in [1.165, 1.54) is 18.2 Å². The number of H-pyrrole nitrogens is 1. The van der Waals surface area contributed by atoms with E-state index in [1.54, 1.807) is 24.8 Å². The molecule has 3 aromatic carbocycles. The van der Waals surface area contributed by atoms with Gasteiger partial charge in [-0.3, -0.25) is 4.79 Å². The molecule has 7 rings (SSSR count). The van der Waals surface area contributed by atoms with Gasteiger partial charge in [0, 0.05) is 41.0 Å². The van der Waals surface area contributed by atoms with Gasteiger partial charge in [-0.05, 0) is 79.2 Å². The number of halogens is 1. The molecular formula is C34H31FN8O2. The number of hydrogen-bond donors (Lipinski definition) is 3. The molecule has 1 aliphatic heterocycles. The molecule has 0 spiro atoms. The molecule has 0 saturated carbocycles. The van der Waals surface area contributed by atoms with Crippen LogP contribution in [0.25, 0.3) is 22.3 Å². The third-order valence-electron chi connectivity index (χ3n) is 8.31. The van der Waals surface area contributed by atoms with Crippen LogP contribution in [0.1, 0.15) is 52.1 Å². The van der Waals surface area contributed by atoms with Crippen molar-refractivity contribution in [2.24, 2.45) is 0 Å². The van der Waals surface area contributed by atoms with E-state index in [4.69, 9.17) is 0 Å². The number of rotatable bonds is 7. The molecule has 6 aromatic rings. The van der Waals surface area contributed by atoms with Gasteiger partial charge in [0.2, 0.25) is 0 Å². The summed E-state index contributed by atoms with van der Waals surface area (Å²) >= 11 is 0. The number of phenols is 1. The highest BCUT2D eigenvalue weighted by atomic mass is 19.1. The summed E-state index contributed by atoms with van der Waals surface area (Å²) in [6, 6.07) is 18.2. The largest absolute Gasteiger partial charge is 0.508 e. The first-order valence-electron chi connectivity index (χ1n) is 14.8. The normalized spacial score (nSPS) is 14.5. The van der Waals surface area contributed by atoms with E-state index in [0.717, 1.165) is 48.1 Å². The number of hydrogen-bond acceptors (Lipinski definition) is 7. The quantitative estimate of drug-likeness (QED) is 0.213. The number of aryl methyl sites for hydroxylation is 1. The number of para-hydroxylation sites is 1. The van der Waals surface area contributed by atoms with Crippen molar-refractivity contribution in [3.05, 3.63) is 120 Å². The maximum absolute atomic E-state index is 14.3. The SMILES string of the molecule is Cc1cc(C(=O)N[C@@H](c2cc3ccccc3[nH]2)c2cc(F)ccc2O)cc(-c2ncc(N3CCC(n4cncn4)CC3)cn2)c1. The minimum atomic E-state index is -0.839. The summed E-state index contributed by atoms with van der Waals surface area (Å²) in [6.07, 6.45) is 8.87. The fourth-order valence-corrected chi connectivity index (χ4v) is 6.02. The third kappa shape index (κ3) is 5.84. The van der Waals surface area contributed by atoms with Gasteiger partial charge >= 0.3 is 0 Å². The van der Waals surface area contributed by atoms with Gasteiger partial charge in [0.05, 0.1) is 30.2 Å². The van der Waals surface area contributed by atoms with Crippen molar-refractivity contribution in [2.75, 3.05) is 18.0 Å². The molecule has 0 radical (unpaired) electrons. The van der Waals surface area contributed by atoms with E-state index < -0.39 is 11.9 Å². The number of nitrogens with one attached hydrogen (secondary N) is 2. The Balaban J connectivity index is 1.12. The van der Waals surface area contributed by atoms with Gasteiger partial charge in [-0.1, -0.05) is 18.2 Å². The Morgan fingerprint density at radius 2 is 1.84 bits per heavy atom. The molecule has 1 atom stereocenters. The number of aromatic hydroxyl groups is 1. The summed E-state index contributed by atoms with van der Waals surface area (Å²) in [6.45, 7) is 3.63. The molecule has 4 heterocycles. The van der Waals surface area contributed by atoms with Crippen LogP contribution >= 0.6 is 0 Å². The zero-order valence-corrected chi connectivity index (χ0v) is 24.6. The fourth-order valence-electron chi connectivity index (χ4n) is 6.02. The van der Waals surface area contributed by atoms with Crippen molar-refractivity contribution in [2.45, 2.75) is 31.8 Å². The van der Waals surface area contributed by atoms with Crippen LogP contribution in [0, 0.1) is 12.7 Å². The van der Waals surface area contributed by atoms with E-state index in [2.05, 4.69) is 35.3 Å². The highest BCUT2D eigenvalue weighted by molar-refractivity contribution is 5.96. The lowest BCUT2D eigenvalue weighted by atomic mass is 10.0. The molecule has 1 amide bonds. The van der Waals surface area contributed by atoms with E-state index >= 15 is 0 Å². The number of amides is 1. The number of phenolic OH excluding ortho intramolecular Hbond substituents is 1. The molecule has 11 heteroatoms. The zero-order valence-electron chi connectivity index (χ0n) is 24.6. The van der Waals surface area contributed by atoms with Crippen LogP contribution in [0.4, 0.5) is 10.1 Å². The highest BCUT2D eigenvalue weighted by Gasteiger charge is 2.25. The lowest BCUT2D eigenvalue weighted by molar-refractivity contribution is 0.0942. The Bertz CT molecular complexity index is 1930. The van der Waals surface area contributed by atoms with Crippen molar-refractivity contribution in [1.29, 1.82) is 0 Å². The number of benzene rings is 3. The topological polar surface area (TPSA) is 125 Å². The van der Waals surface area contributed by atoms with Gasteiger partial charge in [-0.15, -0.1) is 0 Å². The number of anilines is 1. The Kier molecular flexibility index (Phi) is 7.42. The van der Waals surface area contributed by atoms with Crippen LogP contribution in [0.5, 0.6) is 5.75 Å². The van der Waals surface area contributed by atoms with E-state index in [9.17, 15) is 14.3 Å². The van der Waals surface area contributed by atoms with Crippen LogP contribution in [0.15, 0.2) is 91.8 Å². The molecular weight excluding hydrogens is 571 g/mol. The minimum absolute atomic E-state index is 0.124. The summed E-state index contributed by atoms with van der Waals surface area (Å²) in [5, 5.41) is 18.9. The monoisotopic (exact) mass is 602 g/mol.